The molecule has 5 nitrogen and oxygen atoms in total. The Kier molecular flexibility index (Phi) is 4.78. The second kappa shape index (κ2) is 6.79. The van der Waals surface area contributed by atoms with E-state index in [1.165, 1.54) is 11.3 Å². The lowest BCUT2D eigenvalue weighted by Gasteiger charge is -2.36. The Labute approximate surface area is 134 Å². The molecule has 2 aliphatic heterocycles. The Balaban J connectivity index is 1.65. The Morgan fingerprint density at radius 2 is 2.00 bits per heavy atom. The predicted molar refractivity (Wildman–Crippen MR) is 85.1 cm³/mol. The third kappa shape index (κ3) is 3.17. The van der Waals surface area contributed by atoms with Crippen molar-refractivity contribution in [2.24, 2.45) is 5.92 Å². The minimum Gasteiger partial charge on any atom is -0.378 e. The van der Waals surface area contributed by atoms with E-state index in [0.717, 1.165) is 29.8 Å². The lowest BCUT2D eigenvalue weighted by atomic mass is 9.96. The first-order chi connectivity index (χ1) is 10.7. The van der Waals surface area contributed by atoms with Crippen molar-refractivity contribution in [1.82, 2.24) is 9.80 Å². The fraction of sp³-hybridized carbons (Fsp3) is 0.625. The molecular formula is C16H22N2O3S. The lowest BCUT2D eigenvalue weighted by molar-refractivity contribution is -0.141. The van der Waals surface area contributed by atoms with Gasteiger partial charge in [0.15, 0.2) is 0 Å². The van der Waals surface area contributed by atoms with Crippen molar-refractivity contribution in [2.45, 2.75) is 19.8 Å². The van der Waals surface area contributed by atoms with Crippen LogP contribution in [0.3, 0.4) is 0 Å². The molecule has 1 aromatic heterocycles. The summed E-state index contributed by atoms with van der Waals surface area (Å²) in [6.07, 6.45) is 1.78. The van der Waals surface area contributed by atoms with Gasteiger partial charge in [0, 0.05) is 26.2 Å². The first-order valence-corrected chi connectivity index (χ1v) is 8.74. The van der Waals surface area contributed by atoms with Crippen LogP contribution in [0.15, 0.2) is 11.4 Å². The van der Waals surface area contributed by atoms with Gasteiger partial charge in [-0.3, -0.25) is 9.59 Å². The van der Waals surface area contributed by atoms with Crippen molar-refractivity contribution in [3.8, 4) is 0 Å². The van der Waals surface area contributed by atoms with Crippen LogP contribution in [-0.4, -0.2) is 61.0 Å². The molecule has 0 radical (unpaired) electrons. The number of thiophene rings is 1. The number of carbonyl (C=O) groups excluding carboxylic acids is 2. The minimum atomic E-state index is -0.0592. The summed E-state index contributed by atoms with van der Waals surface area (Å²) >= 11 is 1.49. The van der Waals surface area contributed by atoms with E-state index in [2.05, 4.69) is 0 Å². The number of amides is 2. The molecule has 2 amide bonds. The SMILES string of the molecule is Cc1ccsc1C(=O)N1CCCC(C(=O)N2CCOCC2)C1. The summed E-state index contributed by atoms with van der Waals surface area (Å²) in [6, 6.07) is 1.97. The Bertz CT molecular complexity index is 551. The van der Waals surface area contributed by atoms with E-state index >= 15 is 0 Å². The summed E-state index contributed by atoms with van der Waals surface area (Å²) in [5.74, 6) is 0.201. The van der Waals surface area contributed by atoms with Gasteiger partial charge in [0.1, 0.15) is 0 Å². The van der Waals surface area contributed by atoms with Crippen molar-refractivity contribution in [3.05, 3.63) is 21.9 Å². The van der Waals surface area contributed by atoms with Crippen LogP contribution in [0, 0.1) is 12.8 Å². The van der Waals surface area contributed by atoms with Crippen molar-refractivity contribution in [2.75, 3.05) is 39.4 Å². The largest absolute Gasteiger partial charge is 0.378 e. The van der Waals surface area contributed by atoms with Gasteiger partial charge < -0.3 is 14.5 Å². The highest BCUT2D eigenvalue weighted by Crippen LogP contribution is 2.24. The molecule has 2 aliphatic rings. The maximum atomic E-state index is 12.6. The highest BCUT2D eigenvalue weighted by molar-refractivity contribution is 7.12. The second-order valence-corrected chi connectivity index (χ2v) is 6.88. The summed E-state index contributed by atoms with van der Waals surface area (Å²) in [5, 5.41) is 1.95. The predicted octanol–water partition coefficient (Wildman–Crippen LogP) is 1.77. The van der Waals surface area contributed by atoms with Crippen molar-refractivity contribution in [3.63, 3.8) is 0 Å². The molecule has 1 unspecified atom stereocenters. The Morgan fingerprint density at radius 3 is 2.68 bits per heavy atom. The summed E-state index contributed by atoms with van der Waals surface area (Å²) in [7, 11) is 0. The normalized spacial score (nSPS) is 22.7. The number of aryl methyl sites for hydroxylation is 1. The van der Waals surface area contributed by atoms with E-state index in [9.17, 15) is 9.59 Å². The number of hydrogen-bond donors (Lipinski definition) is 0. The monoisotopic (exact) mass is 322 g/mol. The van der Waals surface area contributed by atoms with Crippen molar-refractivity contribution < 1.29 is 14.3 Å². The molecule has 3 heterocycles. The average molecular weight is 322 g/mol. The quantitative estimate of drug-likeness (QED) is 0.834. The molecule has 1 atom stereocenters. The van der Waals surface area contributed by atoms with Crippen LogP contribution in [0.5, 0.6) is 0 Å². The Morgan fingerprint density at radius 1 is 1.23 bits per heavy atom. The fourth-order valence-corrected chi connectivity index (χ4v) is 4.03. The van der Waals surface area contributed by atoms with Crippen LogP contribution in [0.2, 0.25) is 0 Å². The molecule has 0 N–H and O–H groups in total. The maximum absolute atomic E-state index is 12.6. The van der Waals surface area contributed by atoms with E-state index in [0.29, 0.717) is 32.8 Å². The molecule has 0 saturated carbocycles. The number of ether oxygens (including phenoxy) is 1. The van der Waals surface area contributed by atoms with Crippen molar-refractivity contribution in [1.29, 1.82) is 0 Å². The molecule has 2 saturated heterocycles. The lowest BCUT2D eigenvalue weighted by Crippen LogP contribution is -2.49. The summed E-state index contributed by atoms with van der Waals surface area (Å²) < 4.78 is 5.30. The Hall–Kier alpha value is -1.40. The number of nitrogens with zero attached hydrogens (tertiary/aromatic N) is 2. The molecule has 0 spiro atoms. The molecule has 0 bridgehead atoms. The molecular weight excluding hydrogens is 300 g/mol. The van der Waals surface area contributed by atoms with Crippen LogP contribution >= 0.6 is 11.3 Å². The van der Waals surface area contributed by atoms with E-state index in [-0.39, 0.29) is 17.7 Å². The van der Waals surface area contributed by atoms with E-state index < -0.39 is 0 Å². The molecule has 0 aliphatic carbocycles. The molecule has 120 valence electrons. The van der Waals surface area contributed by atoms with Gasteiger partial charge in [-0.2, -0.15) is 0 Å². The second-order valence-electron chi connectivity index (χ2n) is 5.96. The molecule has 2 fully saturated rings. The van der Waals surface area contributed by atoms with Crippen LogP contribution in [-0.2, 0) is 9.53 Å². The van der Waals surface area contributed by atoms with Crippen LogP contribution in [0.1, 0.15) is 28.1 Å². The summed E-state index contributed by atoms with van der Waals surface area (Å²) in [4.78, 5) is 29.8. The number of likely N-dealkylation sites (tertiary alicyclic amines) is 1. The number of carbonyl (C=O) groups is 2. The van der Waals surface area contributed by atoms with Gasteiger partial charge in [-0.25, -0.2) is 0 Å². The summed E-state index contributed by atoms with van der Waals surface area (Å²) in [6.45, 7) is 5.85. The van der Waals surface area contributed by atoms with Gasteiger partial charge in [0.2, 0.25) is 5.91 Å². The van der Waals surface area contributed by atoms with Crippen molar-refractivity contribution >= 4 is 23.2 Å². The molecule has 0 aromatic carbocycles. The smallest absolute Gasteiger partial charge is 0.264 e. The maximum Gasteiger partial charge on any atom is 0.264 e. The fourth-order valence-electron chi connectivity index (χ4n) is 3.14. The average Bonchev–Trinajstić information content (AvgIpc) is 3.00. The van der Waals surface area contributed by atoms with Gasteiger partial charge in [-0.05, 0) is 36.8 Å². The molecule has 3 rings (SSSR count). The van der Waals surface area contributed by atoms with Crippen LogP contribution in [0.25, 0.3) is 0 Å². The molecule has 6 heteroatoms. The zero-order chi connectivity index (χ0) is 15.5. The van der Waals surface area contributed by atoms with Gasteiger partial charge in [-0.1, -0.05) is 0 Å². The van der Waals surface area contributed by atoms with E-state index in [4.69, 9.17) is 4.74 Å². The zero-order valence-electron chi connectivity index (χ0n) is 12.9. The number of rotatable bonds is 2. The van der Waals surface area contributed by atoms with Crippen LogP contribution in [0.4, 0.5) is 0 Å². The molecule has 22 heavy (non-hydrogen) atoms. The van der Waals surface area contributed by atoms with Crippen LogP contribution < -0.4 is 0 Å². The number of piperidine rings is 1. The number of morpholine rings is 1. The highest BCUT2D eigenvalue weighted by Gasteiger charge is 2.32. The number of hydrogen-bond acceptors (Lipinski definition) is 4. The van der Waals surface area contributed by atoms with E-state index in [1.54, 1.807) is 0 Å². The molecule has 1 aromatic rings. The third-order valence-corrected chi connectivity index (χ3v) is 5.44. The standard InChI is InChI=1S/C16H22N2O3S/c1-12-4-10-22-14(12)16(20)18-5-2-3-13(11-18)15(19)17-6-8-21-9-7-17/h4,10,13H,2-3,5-9,11H2,1H3. The van der Waals surface area contributed by atoms with Gasteiger partial charge in [0.25, 0.3) is 5.91 Å². The van der Waals surface area contributed by atoms with E-state index in [1.807, 2.05) is 28.2 Å². The minimum absolute atomic E-state index is 0.0592. The summed E-state index contributed by atoms with van der Waals surface area (Å²) in [5.41, 5.74) is 1.02. The first-order valence-electron chi connectivity index (χ1n) is 7.86. The third-order valence-electron chi connectivity index (χ3n) is 4.44. The van der Waals surface area contributed by atoms with Gasteiger partial charge >= 0.3 is 0 Å². The highest BCUT2D eigenvalue weighted by atomic mass is 32.1. The topological polar surface area (TPSA) is 49.9 Å². The first kappa shape index (κ1) is 15.5. The van der Waals surface area contributed by atoms with Gasteiger partial charge in [0.05, 0.1) is 24.0 Å². The zero-order valence-corrected chi connectivity index (χ0v) is 13.7. The van der Waals surface area contributed by atoms with Gasteiger partial charge in [-0.15, -0.1) is 11.3 Å².